The van der Waals surface area contributed by atoms with Gasteiger partial charge >= 0.3 is 0 Å². The zero-order valence-electron chi connectivity index (χ0n) is 39.9. The second kappa shape index (κ2) is 16.1. The van der Waals surface area contributed by atoms with Crippen molar-refractivity contribution in [3.8, 4) is 67.8 Å². The summed E-state index contributed by atoms with van der Waals surface area (Å²) in [5.74, 6) is 1.79. The molecule has 336 valence electrons. The van der Waals surface area contributed by atoms with Gasteiger partial charge < -0.3 is 4.57 Å². The van der Waals surface area contributed by atoms with Gasteiger partial charge in [0.1, 0.15) is 0 Å². The number of hydrogen-bond donors (Lipinski definition) is 0. The van der Waals surface area contributed by atoms with Gasteiger partial charge in [0, 0.05) is 38.2 Å². The number of aromatic nitrogens is 5. The molecule has 0 atom stereocenters. The maximum absolute atomic E-state index is 5.37. The molecule has 0 unspecified atom stereocenters. The minimum Gasteiger partial charge on any atom is -0.309 e. The molecule has 0 saturated heterocycles. The van der Waals surface area contributed by atoms with Crippen LogP contribution < -0.4 is 0 Å². The summed E-state index contributed by atoms with van der Waals surface area (Å²) < 4.78 is 4.71. The van der Waals surface area contributed by atoms with Gasteiger partial charge in [-0.05, 0) is 105 Å². The van der Waals surface area contributed by atoms with E-state index in [1.54, 1.807) is 0 Å². The van der Waals surface area contributed by atoms with Crippen molar-refractivity contribution in [3.05, 3.63) is 223 Å². The quantitative estimate of drug-likeness (QED) is 0.160. The Balaban J connectivity index is 1.03. The zero-order chi connectivity index (χ0) is 47.1. The molecule has 0 radical (unpaired) electrons. The van der Waals surface area contributed by atoms with Gasteiger partial charge in [-0.1, -0.05) is 198 Å². The molecule has 9 aromatic carbocycles. The third kappa shape index (κ3) is 6.79. The maximum Gasteiger partial charge on any atom is 0.238 e. The summed E-state index contributed by atoms with van der Waals surface area (Å²) in [5.41, 5.74) is 17.6. The largest absolute Gasteiger partial charge is 0.309 e. The van der Waals surface area contributed by atoms with E-state index in [-0.39, 0.29) is 10.8 Å². The highest BCUT2D eigenvalue weighted by Gasteiger charge is 2.38. The highest BCUT2D eigenvalue weighted by Crippen LogP contribution is 2.50. The second-order valence-corrected chi connectivity index (χ2v) is 20.3. The van der Waals surface area contributed by atoms with Crippen LogP contribution in [0.4, 0.5) is 0 Å². The normalized spacial score (nSPS) is 14.1. The minimum atomic E-state index is 0.0750. The Bertz CT molecular complexity index is 4010. The van der Waals surface area contributed by atoms with Crippen molar-refractivity contribution < 1.29 is 0 Å². The summed E-state index contributed by atoms with van der Waals surface area (Å²) in [4.78, 5) is 15.9. The van der Waals surface area contributed by atoms with Crippen LogP contribution in [0.2, 0.25) is 0 Å². The summed E-state index contributed by atoms with van der Waals surface area (Å²) in [6, 6.07) is 76.5. The van der Waals surface area contributed by atoms with Crippen molar-refractivity contribution in [2.24, 2.45) is 0 Å². The van der Waals surface area contributed by atoms with Gasteiger partial charge in [0.2, 0.25) is 5.95 Å². The molecule has 3 aromatic heterocycles. The highest BCUT2D eigenvalue weighted by atomic mass is 15.2. The van der Waals surface area contributed by atoms with Crippen molar-refractivity contribution in [2.45, 2.75) is 51.4 Å². The predicted octanol–water partition coefficient (Wildman–Crippen LogP) is 16.7. The van der Waals surface area contributed by atoms with Gasteiger partial charge in [-0.25, -0.2) is 4.98 Å². The predicted molar refractivity (Wildman–Crippen MR) is 291 cm³/mol. The number of benzene rings is 9. The van der Waals surface area contributed by atoms with E-state index in [1.165, 1.54) is 50.6 Å². The van der Waals surface area contributed by atoms with E-state index in [2.05, 4.69) is 225 Å². The Morgan fingerprint density at radius 3 is 1.57 bits per heavy atom. The van der Waals surface area contributed by atoms with E-state index in [9.17, 15) is 0 Å². The average Bonchev–Trinajstić information content (AvgIpc) is 3.91. The fourth-order valence-electron chi connectivity index (χ4n) is 11.4. The number of hydrogen-bond acceptors (Lipinski definition) is 3. The van der Waals surface area contributed by atoms with Gasteiger partial charge in [-0.3, -0.25) is 4.57 Å². The van der Waals surface area contributed by atoms with Gasteiger partial charge in [-0.2, -0.15) is 9.97 Å². The van der Waals surface area contributed by atoms with Crippen LogP contribution >= 0.6 is 0 Å². The fourth-order valence-corrected chi connectivity index (χ4v) is 11.4. The van der Waals surface area contributed by atoms with Gasteiger partial charge in [0.15, 0.2) is 11.6 Å². The average molecular weight is 902 g/mol. The molecule has 5 heteroatoms. The Morgan fingerprint density at radius 1 is 0.343 bits per heavy atom. The van der Waals surface area contributed by atoms with Crippen LogP contribution in [0, 0.1) is 0 Å². The molecule has 0 aliphatic heterocycles. The molecule has 12 aromatic rings. The molecule has 3 heterocycles. The molecule has 0 bridgehead atoms. The van der Waals surface area contributed by atoms with E-state index < -0.39 is 0 Å². The first-order chi connectivity index (χ1) is 34.2. The topological polar surface area (TPSA) is 48.5 Å². The van der Waals surface area contributed by atoms with Crippen molar-refractivity contribution >= 4 is 43.6 Å². The van der Waals surface area contributed by atoms with Crippen molar-refractivity contribution in [1.82, 2.24) is 24.1 Å². The number of para-hydroxylation sites is 3. The number of rotatable bonds is 7. The van der Waals surface area contributed by atoms with E-state index in [1.807, 2.05) is 24.3 Å². The molecule has 1 aliphatic rings. The van der Waals surface area contributed by atoms with Gasteiger partial charge in [-0.15, -0.1) is 0 Å². The van der Waals surface area contributed by atoms with Crippen LogP contribution in [-0.2, 0) is 10.8 Å². The lowest BCUT2D eigenvalue weighted by Gasteiger charge is -2.43. The Labute approximate surface area is 408 Å². The van der Waals surface area contributed by atoms with Crippen molar-refractivity contribution in [2.75, 3.05) is 0 Å². The summed E-state index contributed by atoms with van der Waals surface area (Å²) in [7, 11) is 0. The van der Waals surface area contributed by atoms with E-state index in [0.717, 1.165) is 67.2 Å². The molecular formula is C65H51N5. The molecule has 0 fully saturated rings. The molecule has 0 N–H and O–H groups in total. The molecule has 1 aliphatic carbocycles. The zero-order valence-corrected chi connectivity index (χ0v) is 39.9. The summed E-state index contributed by atoms with van der Waals surface area (Å²) in [5, 5.41) is 4.66. The highest BCUT2D eigenvalue weighted by molar-refractivity contribution is 6.19. The third-order valence-corrected chi connectivity index (χ3v) is 15.0. The SMILES string of the molecule is CC1(C)CCC(C)(C)c2c(-c3cccc(-c4ccccc4-n4c5ccccc5c5cc6c7ccccc7n(-c7nc(-c8ccccc8)nc(-c8cccc(-c9ccccc9)c8)n7)c6cc54)c3)cccc21. The molecule has 13 rings (SSSR count). The number of nitrogens with zero attached hydrogens (tertiary/aromatic N) is 5. The molecule has 5 nitrogen and oxygen atoms in total. The molecule has 0 saturated carbocycles. The Morgan fingerprint density at radius 2 is 0.843 bits per heavy atom. The monoisotopic (exact) mass is 901 g/mol. The van der Waals surface area contributed by atoms with E-state index in [4.69, 9.17) is 15.0 Å². The summed E-state index contributed by atoms with van der Waals surface area (Å²) in [6.45, 7) is 9.67. The first kappa shape index (κ1) is 41.8. The van der Waals surface area contributed by atoms with Gasteiger partial charge in [0.25, 0.3) is 0 Å². The van der Waals surface area contributed by atoms with Crippen LogP contribution in [0.15, 0.2) is 212 Å². The fraction of sp³-hybridized carbons (Fsp3) is 0.123. The minimum absolute atomic E-state index is 0.0750. The van der Waals surface area contributed by atoms with Crippen LogP contribution in [-0.4, -0.2) is 24.1 Å². The van der Waals surface area contributed by atoms with Crippen LogP contribution in [0.25, 0.3) is 111 Å². The molecule has 70 heavy (non-hydrogen) atoms. The standard InChI is InChI=1S/C65H51N5/c1-64(2)36-37-65(3,4)60-49(31-19-32-54(60)64)46-26-18-25-45(39-46)48-28-11-14-33-55(48)69-56-34-15-12-29-50(56)52-40-53-51-30-13-16-35-57(51)70(59(53)41-58(52)69)63-67-61(43-22-9-6-10-23-43)66-62(68-63)47-27-17-24-44(38-47)42-20-7-5-8-21-42/h5-35,38-41H,36-37H2,1-4H3. The summed E-state index contributed by atoms with van der Waals surface area (Å²) in [6.07, 6.45) is 2.35. The molecule has 0 amide bonds. The second-order valence-electron chi connectivity index (χ2n) is 20.3. The first-order valence-corrected chi connectivity index (χ1v) is 24.5. The van der Waals surface area contributed by atoms with E-state index in [0.29, 0.717) is 17.6 Å². The van der Waals surface area contributed by atoms with Crippen molar-refractivity contribution in [3.63, 3.8) is 0 Å². The first-order valence-electron chi connectivity index (χ1n) is 24.5. The lowest BCUT2D eigenvalue weighted by molar-refractivity contribution is 0.333. The molecule has 0 spiro atoms. The summed E-state index contributed by atoms with van der Waals surface area (Å²) >= 11 is 0. The number of fused-ring (bicyclic) bond motifs is 7. The van der Waals surface area contributed by atoms with E-state index >= 15 is 0 Å². The lowest BCUT2D eigenvalue weighted by atomic mass is 9.61. The van der Waals surface area contributed by atoms with Crippen molar-refractivity contribution in [1.29, 1.82) is 0 Å². The van der Waals surface area contributed by atoms with Crippen LogP contribution in [0.5, 0.6) is 0 Å². The van der Waals surface area contributed by atoms with Gasteiger partial charge in [0.05, 0.1) is 27.8 Å². The smallest absolute Gasteiger partial charge is 0.238 e. The molecular weight excluding hydrogens is 851 g/mol. The van der Waals surface area contributed by atoms with Crippen LogP contribution in [0.1, 0.15) is 51.7 Å². The van der Waals surface area contributed by atoms with Crippen LogP contribution in [0.3, 0.4) is 0 Å². The Kier molecular flexibility index (Phi) is 9.60. The third-order valence-electron chi connectivity index (χ3n) is 15.0. The maximum atomic E-state index is 5.37. The Hall–Kier alpha value is -8.41. The lowest BCUT2D eigenvalue weighted by Crippen LogP contribution is -2.34.